The maximum Gasteiger partial charge on any atom is 0.226 e. The van der Waals surface area contributed by atoms with E-state index in [1.165, 1.54) is 0 Å². The molecule has 0 amide bonds. The van der Waals surface area contributed by atoms with Gasteiger partial charge >= 0.3 is 0 Å². The summed E-state index contributed by atoms with van der Waals surface area (Å²) in [5.41, 5.74) is 3.71. The van der Waals surface area contributed by atoms with Gasteiger partial charge in [0.2, 0.25) is 11.9 Å². The molecule has 4 rings (SSSR count). The minimum Gasteiger partial charge on any atom is -0.337 e. The molecule has 0 radical (unpaired) electrons. The van der Waals surface area contributed by atoms with Gasteiger partial charge in [-0.05, 0) is 38.1 Å². The van der Waals surface area contributed by atoms with E-state index in [0.717, 1.165) is 60.9 Å². The number of pyridine rings is 1. The van der Waals surface area contributed by atoms with Gasteiger partial charge in [-0.3, -0.25) is 4.98 Å². The lowest BCUT2D eigenvalue weighted by molar-refractivity contribution is 0.626. The number of piperazine rings is 1. The van der Waals surface area contributed by atoms with Crippen LogP contribution in [-0.2, 0) is 0 Å². The summed E-state index contributed by atoms with van der Waals surface area (Å²) < 4.78 is 0. The number of rotatable bonds is 3. The smallest absolute Gasteiger partial charge is 0.226 e. The minimum atomic E-state index is 0.745. The summed E-state index contributed by atoms with van der Waals surface area (Å²) in [4.78, 5) is 27.1. The summed E-state index contributed by atoms with van der Waals surface area (Å²) in [7, 11) is 0. The summed E-state index contributed by atoms with van der Waals surface area (Å²) in [5, 5.41) is 0. The molecule has 1 aliphatic rings. The Morgan fingerprint density at radius 1 is 0.692 bits per heavy atom. The average molecular weight is 347 g/mol. The van der Waals surface area contributed by atoms with Crippen LogP contribution in [0.15, 0.2) is 42.7 Å². The summed E-state index contributed by atoms with van der Waals surface area (Å²) >= 11 is 0. The second-order valence-corrected chi connectivity index (χ2v) is 6.38. The predicted molar refractivity (Wildman–Crippen MR) is 101 cm³/mol. The van der Waals surface area contributed by atoms with Crippen molar-refractivity contribution in [1.29, 1.82) is 0 Å². The van der Waals surface area contributed by atoms with Gasteiger partial charge in [-0.2, -0.15) is 0 Å². The quantitative estimate of drug-likeness (QED) is 0.720. The van der Waals surface area contributed by atoms with Crippen molar-refractivity contribution in [3.05, 3.63) is 54.1 Å². The van der Waals surface area contributed by atoms with Crippen molar-refractivity contribution in [2.75, 3.05) is 36.0 Å². The molecular weight excluding hydrogens is 326 g/mol. The standard InChI is InChI=1S/C19H21N7/c1-14-13-15(2)23-19(22-14)26-11-9-25(10-12-26)18-21-8-6-17(24-18)16-5-3-4-7-20-16/h3-8,13H,9-12H2,1-2H3. The highest BCUT2D eigenvalue weighted by Gasteiger charge is 2.21. The van der Waals surface area contributed by atoms with Crippen molar-refractivity contribution >= 4 is 11.9 Å². The van der Waals surface area contributed by atoms with Gasteiger partial charge in [0.1, 0.15) is 0 Å². The first-order valence-corrected chi connectivity index (χ1v) is 8.76. The van der Waals surface area contributed by atoms with Crippen LogP contribution in [0.5, 0.6) is 0 Å². The molecule has 0 spiro atoms. The highest BCUT2D eigenvalue weighted by atomic mass is 15.4. The molecule has 0 atom stereocenters. The number of hydrogen-bond acceptors (Lipinski definition) is 7. The maximum absolute atomic E-state index is 4.70. The van der Waals surface area contributed by atoms with Crippen molar-refractivity contribution in [2.24, 2.45) is 0 Å². The van der Waals surface area contributed by atoms with Gasteiger partial charge < -0.3 is 9.80 Å². The van der Waals surface area contributed by atoms with Gasteiger partial charge in [-0.25, -0.2) is 19.9 Å². The SMILES string of the molecule is Cc1cc(C)nc(N2CCN(c3nccc(-c4ccccn4)n3)CC2)n1. The Labute approximate surface area is 152 Å². The third kappa shape index (κ3) is 3.46. The summed E-state index contributed by atoms with van der Waals surface area (Å²) in [6.07, 6.45) is 3.57. The first-order valence-electron chi connectivity index (χ1n) is 8.76. The molecule has 4 heterocycles. The predicted octanol–water partition coefficient (Wildman–Crippen LogP) is 2.27. The number of anilines is 2. The van der Waals surface area contributed by atoms with E-state index in [2.05, 4.69) is 29.7 Å². The van der Waals surface area contributed by atoms with Crippen molar-refractivity contribution in [1.82, 2.24) is 24.9 Å². The van der Waals surface area contributed by atoms with Gasteiger partial charge in [0.25, 0.3) is 0 Å². The van der Waals surface area contributed by atoms with E-state index in [0.29, 0.717) is 0 Å². The Balaban J connectivity index is 1.48. The lowest BCUT2D eigenvalue weighted by Gasteiger charge is -2.34. The molecule has 3 aromatic heterocycles. The molecule has 7 nitrogen and oxygen atoms in total. The van der Waals surface area contributed by atoms with E-state index in [1.807, 2.05) is 44.2 Å². The summed E-state index contributed by atoms with van der Waals surface area (Å²) in [6.45, 7) is 7.38. The fourth-order valence-electron chi connectivity index (χ4n) is 3.11. The average Bonchev–Trinajstić information content (AvgIpc) is 2.68. The Hall–Kier alpha value is -3.09. The van der Waals surface area contributed by atoms with Crippen LogP contribution in [-0.4, -0.2) is 51.1 Å². The summed E-state index contributed by atoms with van der Waals surface area (Å²) in [6, 6.07) is 9.72. The third-order valence-electron chi connectivity index (χ3n) is 4.39. The second kappa shape index (κ2) is 7.03. The van der Waals surface area contributed by atoms with E-state index < -0.39 is 0 Å². The molecule has 7 heteroatoms. The molecule has 0 N–H and O–H groups in total. The third-order valence-corrected chi connectivity index (χ3v) is 4.39. The molecule has 0 saturated carbocycles. The Morgan fingerprint density at radius 2 is 1.38 bits per heavy atom. The number of aromatic nitrogens is 5. The first kappa shape index (κ1) is 16.4. The number of aryl methyl sites for hydroxylation is 2. The zero-order valence-electron chi connectivity index (χ0n) is 15.0. The fourth-order valence-corrected chi connectivity index (χ4v) is 3.11. The molecule has 26 heavy (non-hydrogen) atoms. The lowest BCUT2D eigenvalue weighted by atomic mass is 10.2. The van der Waals surface area contributed by atoms with Crippen molar-refractivity contribution < 1.29 is 0 Å². The lowest BCUT2D eigenvalue weighted by Crippen LogP contribution is -2.47. The maximum atomic E-state index is 4.70. The van der Waals surface area contributed by atoms with Crippen molar-refractivity contribution in [3.63, 3.8) is 0 Å². The molecule has 0 unspecified atom stereocenters. The zero-order valence-corrected chi connectivity index (χ0v) is 15.0. The highest BCUT2D eigenvalue weighted by molar-refractivity contribution is 5.55. The van der Waals surface area contributed by atoms with Crippen LogP contribution in [0.1, 0.15) is 11.4 Å². The number of nitrogens with zero attached hydrogens (tertiary/aromatic N) is 7. The molecule has 1 saturated heterocycles. The van der Waals surface area contributed by atoms with Crippen molar-refractivity contribution in [3.8, 4) is 11.4 Å². The van der Waals surface area contributed by atoms with Crippen LogP contribution in [0.25, 0.3) is 11.4 Å². The largest absolute Gasteiger partial charge is 0.337 e. The zero-order chi connectivity index (χ0) is 17.9. The molecule has 1 fully saturated rings. The van der Waals surface area contributed by atoms with E-state index >= 15 is 0 Å². The van der Waals surface area contributed by atoms with Gasteiger partial charge in [-0.15, -0.1) is 0 Å². The molecule has 0 aliphatic carbocycles. The monoisotopic (exact) mass is 347 g/mol. The molecule has 3 aromatic rings. The molecule has 0 bridgehead atoms. The minimum absolute atomic E-state index is 0.745. The van der Waals surface area contributed by atoms with Crippen LogP contribution < -0.4 is 9.80 Å². The van der Waals surface area contributed by atoms with Gasteiger partial charge in [0.05, 0.1) is 11.4 Å². The van der Waals surface area contributed by atoms with E-state index in [-0.39, 0.29) is 0 Å². The van der Waals surface area contributed by atoms with E-state index in [4.69, 9.17) is 4.98 Å². The van der Waals surface area contributed by atoms with Crippen LogP contribution in [0, 0.1) is 13.8 Å². The van der Waals surface area contributed by atoms with Crippen LogP contribution in [0.4, 0.5) is 11.9 Å². The van der Waals surface area contributed by atoms with E-state index in [1.54, 1.807) is 12.4 Å². The van der Waals surface area contributed by atoms with Crippen LogP contribution >= 0.6 is 0 Å². The molecular formula is C19H21N7. The summed E-state index contributed by atoms with van der Waals surface area (Å²) in [5.74, 6) is 1.56. The van der Waals surface area contributed by atoms with E-state index in [9.17, 15) is 0 Å². The molecule has 1 aliphatic heterocycles. The van der Waals surface area contributed by atoms with Gasteiger partial charge in [-0.1, -0.05) is 6.07 Å². The highest BCUT2D eigenvalue weighted by Crippen LogP contribution is 2.19. The number of hydrogen-bond donors (Lipinski definition) is 0. The van der Waals surface area contributed by atoms with Crippen LogP contribution in [0.3, 0.4) is 0 Å². The molecule has 132 valence electrons. The van der Waals surface area contributed by atoms with Crippen molar-refractivity contribution in [2.45, 2.75) is 13.8 Å². The van der Waals surface area contributed by atoms with Crippen LogP contribution in [0.2, 0.25) is 0 Å². The Bertz CT molecular complexity index is 869. The van der Waals surface area contributed by atoms with Gasteiger partial charge in [0, 0.05) is 50.0 Å². The Kier molecular flexibility index (Phi) is 4.43. The Morgan fingerprint density at radius 3 is 2.04 bits per heavy atom. The second-order valence-electron chi connectivity index (χ2n) is 6.38. The van der Waals surface area contributed by atoms with Gasteiger partial charge in [0.15, 0.2) is 0 Å². The topological polar surface area (TPSA) is 70.9 Å². The fraction of sp³-hybridized carbons (Fsp3) is 0.316. The normalized spacial score (nSPS) is 14.5. The first-order chi connectivity index (χ1) is 12.7. The molecule has 0 aromatic carbocycles.